The van der Waals surface area contributed by atoms with Gasteiger partial charge in [-0.3, -0.25) is 9.78 Å². The van der Waals surface area contributed by atoms with E-state index < -0.39 is 17.2 Å². The fourth-order valence-electron chi connectivity index (χ4n) is 1.60. The molecular formula is C13H13BrF2N4O. The summed E-state index contributed by atoms with van der Waals surface area (Å²) < 4.78 is 27.4. The summed E-state index contributed by atoms with van der Waals surface area (Å²) in [5.74, 6) is -1.20. The Morgan fingerprint density at radius 2 is 2.00 bits per heavy atom. The summed E-state index contributed by atoms with van der Waals surface area (Å²) in [5.41, 5.74) is -0.805. The van der Waals surface area contributed by atoms with Gasteiger partial charge in [-0.2, -0.15) is 4.98 Å². The number of para-hydroxylation sites is 1. The molecule has 0 aliphatic heterocycles. The highest BCUT2D eigenvalue weighted by Gasteiger charge is 2.15. The largest absolute Gasteiger partial charge is 0.346 e. The van der Waals surface area contributed by atoms with E-state index in [1.165, 1.54) is 6.07 Å². The molecule has 2 N–H and O–H groups in total. The van der Waals surface area contributed by atoms with Crippen LogP contribution in [0.25, 0.3) is 0 Å². The molecule has 0 aliphatic carbocycles. The summed E-state index contributed by atoms with van der Waals surface area (Å²) in [4.78, 5) is 20.3. The van der Waals surface area contributed by atoms with E-state index in [2.05, 4.69) is 31.2 Å². The van der Waals surface area contributed by atoms with E-state index in [1.807, 2.05) is 6.92 Å². The second-order valence-corrected chi connectivity index (χ2v) is 5.08. The van der Waals surface area contributed by atoms with Crippen LogP contribution in [0.5, 0.6) is 0 Å². The Balaban J connectivity index is 2.49. The van der Waals surface area contributed by atoms with Gasteiger partial charge in [0.15, 0.2) is 5.82 Å². The third-order valence-corrected chi connectivity index (χ3v) is 3.63. The van der Waals surface area contributed by atoms with E-state index in [1.54, 1.807) is 11.9 Å². The maximum Gasteiger partial charge on any atom is 0.268 e. The first-order chi connectivity index (χ1) is 9.93. The first kappa shape index (κ1) is 15.4. The van der Waals surface area contributed by atoms with Crippen molar-refractivity contribution in [3.8, 4) is 0 Å². The monoisotopic (exact) mass is 358 g/mol. The zero-order valence-corrected chi connectivity index (χ0v) is 13.0. The smallest absolute Gasteiger partial charge is 0.268 e. The molecule has 112 valence electrons. The van der Waals surface area contributed by atoms with Crippen molar-refractivity contribution >= 4 is 33.4 Å². The topological polar surface area (TPSA) is 61.0 Å². The van der Waals surface area contributed by atoms with E-state index in [0.717, 1.165) is 12.1 Å². The van der Waals surface area contributed by atoms with E-state index >= 15 is 0 Å². The molecule has 0 bridgehead atoms. The number of nitrogens with one attached hydrogen (secondary N) is 2. The number of aromatic amines is 1. The SMILES string of the molecule is CCN(C)c1nc(Nc2c(F)cccc2F)c(Br)c(=O)[nH]1. The van der Waals surface area contributed by atoms with Gasteiger partial charge in [0.2, 0.25) is 5.95 Å². The van der Waals surface area contributed by atoms with Crippen LogP contribution in [0.2, 0.25) is 0 Å². The fraction of sp³-hybridized carbons (Fsp3) is 0.231. The molecule has 0 amide bonds. The van der Waals surface area contributed by atoms with Crippen LogP contribution >= 0.6 is 15.9 Å². The van der Waals surface area contributed by atoms with Crippen LogP contribution in [0, 0.1) is 11.6 Å². The Morgan fingerprint density at radius 3 is 2.57 bits per heavy atom. The molecule has 1 heterocycles. The van der Waals surface area contributed by atoms with Crippen LogP contribution in [0.3, 0.4) is 0 Å². The summed E-state index contributed by atoms with van der Waals surface area (Å²) >= 11 is 3.06. The molecule has 2 aromatic rings. The van der Waals surface area contributed by atoms with Gasteiger partial charge in [0, 0.05) is 13.6 Å². The van der Waals surface area contributed by atoms with Crippen LogP contribution in [-0.4, -0.2) is 23.6 Å². The summed E-state index contributed by atoms with van der Waals surface area (Å²) in [6.45, 7) is 2.49. The predicted molar refractivity (Wildman–Crippen MR) is 81.1 cm³/mol. The van der Waals surface area contributed by atoms with Crippen LogP contribution < -0.4 is 15.8 Å². The summed E-state index contributed by atoms with van der Waals surface area (Å²) in [6.07, 6.45) is 0. The highest BCUT2D eigenvalue weighted by molar-refractivity contribution is 9.10. The van der Waals surface area contributed by atoms with Crippen LogP contribution in [0.15, 0.2) is 27.5 Å². The fourth-order valence-corrected chi connectivity index (χ4v) is 1.88. The summed E-state index contributed by atoms with van der Waals surface area (Å²) in [6, 6.07) is 3.49. The number of hydrogen-bond acceptors (Lipinski definition) is 4. The molecule has 0 radical (unpaired) electrons. The normalized spacial score (nSPS) is 10.5. The lowest BCUT2D eigenvalue weighted by molar-refractivity contribution is 0.590. The number of aromatic nitrogens is 2. The van der Waals surface area contributed by atoms with Crippen molar-refractivity contribution in [1.29, 1.82) is 0 Å². The van der Waals surface area contributed by atoms with Gasteiger partial charge in [0.05, 0.1) is 0 Å². The van der Waals surface area contributed by atoms with Gasteiger partial charge in [-0.1, -0.05) is 6.07 Å². The highest BCUT2D eigenvalue weighted by Crippen LogP contribution is 2.26. The Kier molecular flexibility index (Phi) is 4.56. The molecule has 0 fully saturated rings. The minimum Gasteiger partial charge on any atom is -0.346 e. The van der Waals surface area contributed by atoms with Gasteiger partial charge < -0.3 is 10.2 Å². The average Bonchev–Trinajstić information content (AvgIpc) is 2.46. The average molecular weight is 359 g/mol. The minimum absolute atomic E-state index is 0.0399. The van der Waals surface area contributed by atoms with Crippen molar-refractivity contribution in [1.82, 2.24) is 9.97 Å². The van der Waals surface area contributed by atoms with Gasteiger partial charge in [-0.05, 0) is 35.0 Å². The lowest BCUT2D eigenvalue weighted by Crippen LogP contribution is -2.24. The summed E-state index contributed by atoms with van der Waals surface area (Å²) in [5, 5.41) is 2.51. The standard InChI is InChI=1S/C13H13BrF2N4O/c1-3-20(2)13-18-11(9(14)12(21)19-13)17-10-7(15)5-4-6-8(10)16/h4-6H,3H2,1-2H3,(H2,17,18,19,21). The predicted octanol–water partition coefficient (Wildman–Crippen LogP) is 3.01. The van der Waals surface area contributed by atoms with E-state index in [-0.39, 0.29) is 16.0 Å². The molecule has 8 heteroatoms. The molecule has 5 nitrogen and oxygen atoms in total. The van der Waals surface area contributed by atoms with Crippen LogP contribution in [0.4, 0.5) is 26.2 Å². The van der Waals surface area contributed by atoms with Gasteiger partial charge in [0.1, 0.15) is 21.8 Å². The van der Waals surface area contributed by atoms with Gasteiger partial charge in [-0.25, -0.2) is 8.78 Å². The number of anilines is 3. The maximum atomic E-state index is 13.7. The molecule has 0 unspecified atom stereocenters. The number of hydrogen-bond donors (Lipinski definition) is 2. The van der Waals surface area contributed by atoms with Crippen molar-refractivity contribution in [2.24, 2.45) is 0 Å². The lowest BCUT2D eigenvalue weighted by atomic mass is 10.3. The Hall–Kier alpha value is -1.96. The van der Waals surface area contributed by atoms with Gasteiger partial charge in [0.25, 0.3) is 5.56 Å². The van der Waals surface area contributed by atoms with Crippen molar-refractivity contribution < 1.29 is 8.78 Å². The number of benzene rings is 1. The molecule has 2 rings (SSSR count). The number of H-pyrrole nitrogens is 1. The summed E-state index contributed by atoms with van der Waals surface area (Å²) in [7, 11) is 1.74. The molecule has 1 aromatic heterocycles. The van der Waals surface area contributed by atoms with E-state index in [9.17, 15) is 13.6 Å². The van der Waals surface area contributed by atoms with Crippen molar-refractivity contribution in [3.63, 3.8) is 0 Å². The van der Waals surface area contributed by atoms with Crippen LogP contribution in [-0.2, 0) is 0 Å². The third kappa shape index (κ3) is 3.21. The van der Waals surface area contributed by atoms with E-state index in [4.69, 9.17) is 0 Å². The highest BCUT2D eigenvalue weighted by atomic mass is 79.9. The van der Waals surface area contributed by atoms with Crippen molar-refractivity contribution in [2.45, 2.75) is 6.92 Å². The van der Waals surface area contributed by atoms with Gasteiger partial charge in [-0.15, -0.1) is 0 Å². The molecule has 0 saturated carbocycles. The minimum atomic E-state index is -0.769. The van der Waals surface area contributed by atoms with Crippen LogP contribution in [0.1, 0.15) is 6.92 Å². The maximum absolute atomic E-state index is 13.7. The molecule has 0 atom stereocenters. The van der Waals surface area contributed by atoms with E-state index in [0.29, 0.717) is 12.5 Å². The quantitative estimate of drug-likeness (QED) is 0.881. The molecule has 0 aliphatic rings. The van der Waals surface area contributed by atoms with Crippen molar-refractivity contribution in [2.75, 3.05) is 23.8 Å². The zero-order valence-electron chi connectivity index (χ0n) is 11.4. The Labute approximate surface area is 128 Å². The number of rotatable bonds is 4. The van der Waals surface area contributed by atoms with Gasteiger partial charge >= 0.3 is 0 Å². The second kappa shape index (κ2) is 6.21. The molecule has 21 heavy (non-hydrogen) atoms. The number of nitrogens with zero attached hydrogens (tertiary/aromatic N) is 2. The number of halogens is 3. The molecule has 1 aromatic carbocycles. The zero-order chi connectivity index (χ0) is 15.6. The lowest BCUT2D eigenvalue weighted by Gasteiger charge is -2.17. The molecule has 0 spiro atoms. The second-order valence-electron chi connectivity index (χ2n) is 4.29. The van der Waals surface area contributed by atoms with Crippen molar-refractivity contribution in [3.05, 3.63) is 44.7 Å². The molecule has 0 saturated heterocycles. The Bertz CT molecular complexity index is 700. The first-order valence-electron chi connectivity index (χ1n) is 6.16. The first-order valence-corrected chi connectivity index (χ1v) is 6.95. The third-order valence-electron chi connectivity index (χ3n) is 2.89. The molecular weight excluding hydrogens is 346 g/mol. The Morgan fingerprint density at radius 1 is 1.38 bits per heavy atom.